The Balaban J connectivity index is 1.51. The summed E-state index contributed by atoms with van der Waals surface area (Å²) in [5, 5.41) is 14.5. The average Bonchev–Trinajstić information content (AvgIpc) is 3.18. The highest BCUT2D eigenvalue weighted by molar-refractivity contribution is 5.99. The molecule has 1 atom stereocenters. The number of nitrogens with one attached hydrogen (secondary N) is 2. The van der Waals surface area contributed by atoms with Gasteiger partial charge in [0.05, 0.1) is 24.5 Å². The first-order valence-electron chi connectivity index (χ1n) is 9.73. The molecule has 0 unspecified atom stereocenters. The van der Waals surface area contributed by atoms with E-state index in [1.54, 1.807) is 24.3 Å². The van der Waals surface area contributed by atoms with Gasteiger partial charge in [0.25, 0.3) is 17.5 Å². The van der Waals surface area contributed by atoms with Crippen LogP contribution in [0.3, 0.4) is 0 Å². The molecule has 0 spiro atoms. The Morgan fingerprint density at radius 3 is 2.52 bits per heavy atom. The number of nitrogens with zero attached hydrogens (tertiary/aromatic N) is 2. The topological polar surface area (TPSA) is 157 Å². The van der Waals surface area contributed by atoms with E-state index in [1.807, 2.05) is 0 Å². The Bertz CT molecular complexity index is 1090. The number of methoxy groups -OCH3 is 1. The lowest BCUT2D eigenvalue weighted by molar-refractivity contribution is -0.385. The number of hydrazine groups is 1. The Morgan fingerprint density at radius 2 is 1.85 bits per heavy atom. The van der Waals surface area contributed by atoms with Gasteiger partial charge < -0.3 is 14.8 Å². The molecule has 0 saturated carbocycles. The largest absolute Gasteiger partial charge is 0.497 e. The minimum Gasteiger partial charge on any atom is -0.497 e. The van der Waals surface area contributed by atoms with Crippen molar-refractivity contribution in [1.82, 2.24) is 10.4 Å². The van der Waals surface area contributed by atoms with Crippen LogP contribution >= 0.6 is 0 Å². The highest BCUT2D eigenvalue weighted by Gasteiger charge is 2.37. The summed E-state index contributed by atoms with van der Waals surface area (Å²) in [6.07, 6.45) is -0.240. The molecule has 12 heteroatoms. The van der Waals surface area contributed by atoms with Crippen molar-refractivity contribution >= 4 is 35.1 Å². The smallest absolute Gasteiger partial charge is 0.311 e. The van der Waals surface area contributed by atoms with E-state index in [9.17, 15) is 29.3 Å². The number of amides is 3. The van der Waals surface area contributed by atoms with Gasteiger partial charge in [-0.1, -0.05) is 12.1 Å². The number of carbonyl (C=O) groups excluding carboxylic acids is 4. The number of rotatable bonds is 8. The number of nitro groups is 1. The molecule has 12 nitrogen and oxygen atoms in total. The lowest BCUT2D eigenvalue weighted by atomic mass is 10.1. The van der Waals surface area contributed by atoms with E-state index in [4.69, 9.17) is 9.47 Å². The van der Waals surface area contributed by atoms with Gasteiger partial charge in [-0.3, -0.25) is 39.7 Å². The number of carbonyl (C=O) groups is 4. The second-order valence-electron chi connectivity index (χ2n) is 7.00. The Labute approximate surface area is 187 Å². The molecule has 3 amide bonds. The second-order valence-corrected chi connectivity index (χ2v) is 7.00. The van der Waals surface area contributed by atoms with Crippen molar-refractivity contribution in [2.24, 2.45) is 5.92 Å². The van der Waals surface area contributed by atoms with Gasteiger partial charge >= 0.3 is 5.97 Å². The zero-order valence-corrected chi connectivity index (χ0v) is 17.5. The van der Waals surface area contributed by atoms with E-state index in [0.29, 0.717) is 11.4 Å². The molecule has 0 aliphatic carbocycles. The monoisotopic (exact) mass is 456 g/mol. The van der Waals surface area contributed by atoms with Crippen molar-refractivity contribution in [2.45, 2.75) is 6.42 Å². The Kier molecular flexibility index (Phi) is 7.18. The molecule has 1 saturated heterocycles. The number of hydrogen-bond donors (Lipinski definition) is 2. The normalized spacial score (nSPS) is 15.0. The molecular weight excluding hydrogens is 436 g/mol. The molecule has 1 aliphatic rings. The average molecular weight is 456 g/mol. The summed E-state index contributed by atoms with van der Waals surface area (Å²) >= 11 is 0. The third kappa shape index (κ3) is 5.81. The molecular formula is C21H20N4O8. The van der Waals surface area contributed by atoms with E-state index in [0.717, 1.165) is 11.1 Å². The maximum atomic E-state index is 12.4. The molecule has 33 heavy (non-hydrogen) atoms. The first-order chi connectivity index (χ1) is 15.8. The number of benzene rings is 2. The number of ether oxygens (including phenoxy) is 2. The predicted molar refractivity (Wildman–Crippen MR) is 113 cm³/mol. The first-order valence-corrected chi connectivity index (χ1v) is 9.73. The summed E-state index contributed by atoms with van der Waals surface area (Å²) in [4.78, 5) is 59.2. The molecule has 172 valence electrons. The number of para-hydroxylation sites is 1. The van der Waals surface area contributed by atoms with Gasteiger partial charge in [-0.2, -0.15) is 0 Å². The number of hydrogen-bond acceptors (Lipinski definition) is 8. The molecule has 2 N–H and O–H groups in total. The first kappa shape index (κ1) is 23.2. The maximum Gasteiger partial charge on any atom is 0.311 e. The van der Waals surface area contributed by atoms with Crippen molar-refractivity contribution in [1.29, 1.82) is 0 Å². The molecule has 0 radical (unpaired) electrons. The van der Waals surface area contributed by atoms with Gasteiger partial charge in [0.15, 0.2) is 6.61 Å². The van der Waals surface area contributed by atoms with E-state index in [-0.39, 0.29) is 18.5 Å². The minimum atomic E-state index is -0.905. The highest BCUT2D eigenvalue weighted by atomic mass is 16.6. The van der Waals surface area contributed by atoms with E-state index in [2.05, 4.69) is 10.7 Å². The Morgan fingerprint density at radius 1 is 1.15 bits per heavy atom. The fraction of sp³-hybridized carbons (Fsp3) is 0.238. The van der Waals surface area contributed by atoms with Crippen LogP contribution in [-0.2, 0) is 19.1 Å². The van der Waals surface area contributed by atoms with Gasteiger partial charge in [0.1, 0.15) is 11.3 Å². The molecule has 2 aromatic carbocycles. The van der Waals surface area contributed by atoms with Crippen LogP contribution in [0.5, 0.6) is 5.75 Å². The summed E-state index contributed by atoms with van der Waals surface area (Å²) in [5.74, 6) is -3.06. The van der Waals surface area contributed by atoms with Crippen LogP contribution in [0.4, 0.5) is 11.4 Å². The molecule has 0 bridgehead atoms. The van der Waals surface area contributed by atoms with Gasteiger partial charge in [0, 0.05) is 18.2 Å². The summed E-state index contributed by atoms with van der Waals surface area (Å²) in [5.41, 5.74) is 2.12. The van der Waals surface area contributed by atoms with Crippen LogP contribution in [0.25, 0.3) is 0 Å². The van der Waals surface area contributed by atoms with Gasteiger partial charge in [-0.15, -0.1) is 0 Å². The number of nitro benzene ring substituents is 1. The third-order valence-electron chi connectivity index (χ3n) is 4.76. The zero-order chi connectivity index (χ0) is 24.0. The molecule has 1 aliphatic heterocycles. The van der Waals surface area contributed by atoms with E-state index < -0.39 is 46.8 Å². The van der Waals surface area contributed by atoms with E-state index in [1.165, 1.54) is 25.3 Å². The second kappa shape index (κ2) is 10.2. The van der Waals surface area contributed by atoms with Crippen molar-refractivity contribution in [3.8, 4) is 5.75 Å². The van der Waals surface area contributed by atoms with Crippen molar-refractivity contribution in [3.05, 3.63) is 64.2 Å². The minimum absolute atomic E-state index is 0.190. The van der Waals surface area contributed by atoms with Crippen LogP contribution in [0, 0.1) is 16.0 Å². The molecule has 2 aromatic rings. The maximum absolute atomic E-state index is 12.4. The SMILES string of the molecule is COc1ccc(NC(=O)COC(=O)[C@H]2CC(=O)N(NC(=O)c3ccccc3[N+](=O)[O-])C2)cc1. The molecule has 0 aromatic heterocycles. The van der Waals surface area contributed by atoms with Crippen LogP contribution < -0.4 is 15.5 Å². The van der Waals surface area contributed by atoms with Crippen LogP contribution in [0.2, 0.25) is 0 Å². The van der Waals surface area contributed by atoms with Crippen molar-refractivity contribution < 1.29 is 33.6 Å². The third-order valence-corrected chi connectivity index (χ3v) is 4.76. The van der Waals surface area contributed by atoms with Gasteiger partial charge in [-0.05, 0) is 30.3 Å². The summed E-state index contributed by atoms with van der Waals surface area (Å²) in [6, 6.07) is 11.8. The summed E-state index contributed by atoms with van der Waals surface area (Å²) in [6.45, 7) is -0.748. The van der Waals surface area contributed by atoms with Crippen molar-refractivity contribution in [3.63, 3.8) is 0 Å². The number of esters is 1. The lowest BCUT2D eigenvalue weighted by Crippen LogP contribution is -2.43. The lowest BCUT2D eigenvalue weighted by Gasteiger charge is -2.17. The van der Waals surface area contributed by atoms with Crippen LogP contribution in [0.1, 0.15) is 16.8 Å². The fourth-order valence-corrected chi connectivity index (χ4v) is 3.11. The van der Waals surface area contributed by atoms with Crippen LogP contribution in [0.15, 0.2) is 48.5 Å². The highest BCUT2D eigenvalue weighted by Crippen LogP contribution is 2.21. The summed E-state index contributed by atoms with van der Waals surface area (Å²) in [7, 11) is 1.51. The van der Waals surface area contributed by atoms with E-state index >= 15 is 0 Å². The fourth-order valence-electron chi connectivity index (χ4n) is 3.11. The zero-order valence-electron chi connectivity index (χ0n) is 17.5. The standard InChI is InChI=1S/C21H20N4O8/c1-32-15-8-6-14(7-9-15)22-18(26)12-33-21(29)13-10-19(27)24(11-13)23-20(28)16-4-2-3-5-17(16)25(30)31/h2-9,13H,10-12H2,1H3,(H,22,26)(H,23,28)/t13-/m0/s1. The van der Waals surface area contributed by atoms with Crippen LogP contribution in [-0.4, -0.2) is 53.9 Å². The molecule has 3 rings (SSSR count). The number of anilines is 1. The quantitative estimate of drug-likeness (QED) is 0.342. The van der Waals surface area contributed by atoms with Gasteiger partial charge in [0.2, 0.25) is 5.91 Å². The molecule has 1 fully saturated rings. The Hall–Kier alpha value is -4.48. The summed E-state index contributed by atoms with van der Waals surface area (Å²) < 4.78 is 10.0. The van der Waals surface area contributed by atoms with Crippen molar-refractivity contribution in [2.75, 3.05) is 25.6 Å². The van der Waals surface area contributed by atoms with Gasteiger partial charge in [-0.25, -0.2) is 0 Å². The molecule has 1 heterocycles. The predicted octanol–water partition coefficient (Wildman–Crippen LogP) is 1.28.